The molecule has 11 heteroatoms. The molecule has 2 amide bonds. The highest BCUT2D eigenvalue weighted by Crippen LogP contribution is 2.33. The summed E-state index contributed by atoms with van der Waals surface area (Å²) in [6, 6.07) is 17.7. The molecular formula is C31H27F3N4O4. The van der Waals surface area contributed by atoms with E-state index in [1.165, 1.54) is 28.0 Å². The van der Waals surface area contributed by atoms with E-state index in [-0.39, 0.29) is 37.7 Å². The van der Waals surface area contributed by atoms with Gasteiger partial charge < -0.3 is 24.6 Å². The molecule has 42 heavy (non-hydrogen) atoms. The predicted octanol–water partition coefficient (Wildman–Crippen LogP) is 4.89. The number of aromatic nitrogens is 1. The van der Waals surface area contributed by atoms with Crippen molar-refractivity contribution in [3.05, 3.63) is 90.1 Å². The number of nitrogens with zero attached hydrogens (tertiary/aromatic N) is 3. The zero-order valence-corrected chi connectivity index (χ0v) is 22.6. The number of carbonyl (C=O) groups is 3. The maximum Gasteiger partial charge on any atom is 0.416 e. The number of benzene rings is 3. The standard InChI is InChI=1S/C31H27F3N4O4/c1-35-27-10-8-22(21-4-2-6-23(14-21)31(32,33)34)15-26(27)30(41)38-13-12-37(17-24(38)18-39)29(40)19-42-25-9-7-20-5-3-11-36-28(20)16-25/h2-11,14-16,18,24,35H,12-13,17,19H2,1H3. The van der Waals surface area contributed by atoms with Crippen molar-refractivity contribution in [3.8, 4) is 16.9 Å². The summed E-state index contributed by atoms with van der Waals surface area (Å²) in [7, 11) is 1.62. The minimum absolute atomic E-state index is 0.0150. The van der Waals surface area contributed by atoms with E-state index >= 15 is 0 Å². The van der Waals surface area contributed by atoms with Crippen molar-refractivity contribution in [2.75, 3.05) is 38.6 Å². The van der Waals surface area contributed by atoms with E-state index in [1.807, 2.05) is 18.2 Å². The first-order chi connectivity index (χ1) is 20.2. The minimum atomic E-state index is -4.51. The van der Waals surface area contributed by atoms with Gasteiger partial charge >= 0.3 is 6.18 Å². The smallest absolute Gasteiger partial charge is 0.416 e. The van der Waals surface area contributed by atoms with Crippen LogP contribution in [0.4, 0.5) is 18.9 Å². The fraction of sp³-hybridized carbons (Fsp3) is 0.226. The Morgan fingerprint density at radius 1 is 1.02 bits per heavy atom. The summed E-state index contributed by atoms with van der Waals surface area (Å²) in [4.78, 5) is 45.8. The van der Waals surface area contributed by atoms with E-state index in [0.717, 1.165) is 23.0 Å². The summed E-state index contributed by atoms with van der Waals surface area (Å²) in [5, 5.41) is 3.87. The predicted molar refractivity (Wildman–Crippen MR) is 151 cm³/mol. The van der Waals surface area contributed by atoms with Crippen LogP contribution in [0.1, 0.15) is 15.9 Å². The highest BCUT2D eigenvalue weighted by molar-refractivity contribution is 6.02. The van der Waals surface area contributed by atoms with Crippen LogP contribution >= 0.6 is 0 Å². The van der Waals surface area contributed by atoms with Gasteiger partial charge in [-0.15, -0.1) is 0 Å². The van der Waals surface area contributed by atoms with Gasteiger partial charge in [0.05, 0.1) is 16.6 Å². The molecule has 1 fully saturated rings. The number of amides is 2. The third kappa shape index (κ3) is 6.04. The lowest BCUT2D eigenvalue weighted by Gasteiger charge is -2.39. The lowest BCUT2D eigenvalue weighted by molar-refractivity contribution is -0.138. The summed E-state index contributed by atoms with van der Waals surface area (Å²) in [5.74, 6) is -0.328. The van der Waals surface area contributed by atoms with Gasteiger partial charge in [0.1, 0.15) is 18.1 Å². The van der Waals surface area contributed by atoms with Gasteiger partial charge in [0.15, 0.2) is 6.61 Å². The van der Waals surface area contributed by atoms with E-state index in [2.05, 4.69) is 10.3 Å². The van der Waals surface area contributed by atoms with Crippen molar-refractivity contribution in [1.29, 1.82) is 0 Å². The number of piperazine rings is 1. The monoisotopic (exact) mass is 576 g/mol. The molecule has 8 nitrogen and oxygen atoms in total. The van der Waals surface area contributed by atoms with Gasteiger partial charge in [0, 0.05) is 50.0 Å². The molecule has 0 aliphatic carbocycles. The summed E-state index contributed by atoms with van der Waals surface area (Å²) in [5.41, 5.74) is 1.30. The number of nitrogens with one attached hydrogen (secondary N) is 1. The first-order valence-electron chi connectivity index (χ1n) is 13.2. The normalized spacial score (nSPS) is 15.4. The van der Waals surface area contributed by atoms with Gasteiger partial charge in [-0.25, -0.2) is 0 Å². The van der Waals surface area contributed by atoms with Crippen molar-refractivity contribution < 1.29 is 32.3 Å². The molecule has 1 atom stereocenters. The van der Waals surface area contributed by atoms with E-state index in [9.17, 15) is 27.6 Å². The van der Waals surface area contributed by atoms with Crippen molar-refractivity contribution in [3.63, 3.8) is 0 Å². The summed E-state index contributed by atoms with van der Waals surface area (Å²) in [6.07, 6.45) is -2.23. The molecule has 5 rings (SSSR count). The van der Waals surface area contributed by atoms with E-state index in [1.54, 1.807) is 37.5 Å². The van der Waals surface area contributed by atoms with Gasteiger partial charge in [-0.2, -0.15) is 13.2 Å². The Balaban J connectivity index is 1.29. The van der Waals surface area contributed by atoms with Crippen molar-refractivity contribution in [2.45, 2.75) is 12.2 Å². The fourth-order valence-electron chi connectivity index (χ4n) is 4.93. The molecule has 4 aromatic rings. The molecular weight excluding hydrogens is 549 g/mol. The van der Waals surface area contributed by atoms with Crippen LogP contribution in [0.25, 0.3) is 22.0 Å². The van der Waals surface area contributed by atoms with Crippen LogP contribution in [0.2, 0.25) is 0 Å². The quantitative estimate of drug-likeness (QED) is 0.315. The number of pyridine rings is 1. The molecule has 1 N–H and O–H groups in total. The van der Waals surface area contributed by atoms with Crippen LogP contribution < -0.4 is 10.1 Å². The Morgan fingerprint density at radius 2 is 1.83 bits per heavy atom. The molecule has 1 aromatic heterocycles. The zero-order chi connectivity index (χ0) is 29.9. The van der Waals surface area contributed by atoms with E-state index in [4.69, 9.17) is 4.74 Å². The first kappa shape index (κ1) is 28.6. The van der Waals surface area contributed by atoms with Crippen molar-refractivity contribution in [1.82, 2.24) is 14.8 Å². The molecule has 0 saturated carbocycles. The van der Waals surface area contributed by atoms with E-state index < -0.39 is 23.7 Å². The summed E-state index contributed by atoms with van der Waals surface area (Å²) < 4.78 is 45.5. The maximum absolute atomic E-state index is 13.7. The summed E-state index contributed by atoms with van der Waals surface area (Å²) >= 11 is 0. The highest BCUT2D eigenvalue weighted by Gasteiger charge is 2.34. The van der Waals surface area contributed by atoms with Crippen LogP contribution in [-0.4, -0.2) is 72.2 Å². The molecule has 1 aliphatic rings. The van der Waals surface area contributed by atoms with Crippen LogP contribution in [0.5, 0.6) is 5.75 Å². The SMILES string of the molecule is CNc1ccc(-c2cccc(C(F)(F)F)c2)cc1C(=O)N1CCN(C(=O)COc2ccc3cccnc3c2)CC1C=O. The average molecular weight is 577 g/mol. The van der Waals surface area contributed by atoms with Crippen LogP contribution in [0.3, 0.4) is 0 Å². The molecule has 216 valence electrons. The largest absolute Gasteiger partial charge is 0.484 e. The average Bonchev–Trinajstić information content (AvgIpc) is 3.02. The number of alkyl halides is 3. The number of hydrogen-bond acceptors (Lipinski definition) is 6. The fourth-order valence-corrected chi connectivity index (χ4v) is 4.93. The lowest BCUT2D eigenvalue weighted by atomic mass is 9.98. The number of carbonyl (C=O) groups excluding carboxylic acids is 3. The molecule has 0 spiro atoms. The second-order valence-electron chi connectivity index (χ2n) is 9.78. The molecule has 3 aromatic carbocycles. The van der Waals surface area contributed by atoms with Crippen LogP contribution in [0.15, 0.2) is 79.0 Å². The summed E-state index contributed by atoms with van der Waals surface area (Å²) in [6.45, 7) is 0.00425. The van der Waals surface area contributed by atoms with Gasteiger partial charge in [0.25, 0.3) is 11.8 Å². The first-order valence-corrected chi connectivity index (χ1v) is 13.2. The Morgan fingerprint density at radius 3 is 2.60 bits per heavy atom. The molecule has 0 radical (unpaired) electrons. The third-order valence-electron chi connectivity index (χ3n) is 7.17. The number of halogens is 3. The number of anilines is 1. The highest BCUT2D eigenvalue weighted by atomic mass is 19.4. The Bertz CT molecular complexity index is 1640. The molecule has 0 bridgehead atoms. The number of fused-ring (bicyclic) bond motifs is 1. The second-order valence-corrected chi connectivity index (χ2v) is 9.78. The number of aldehydes is 1. The Labute approximate surface area is 239 Å². The topological polar surface area (TPSA) is 91.8 Å². The number of hydrogen-bond donors (Lipinski definition) is 1. The van der Waals surface area contributed by atoms with Crippen LogP contribution in [-0.2, 0) is 15.8 Å². The second kappa shape index (κ2) is 11.9. The zero-order valence-electron chi connectivity index (χ0n) is 22.6. The number of ether oxygens (including phenoxy) is 1. The van der Waals surface area contributed by atoms with Gasteiger partial charge in [0.2, 0.25) is 0 Å². The van der Waals surface area contributed by atoms with Crippen molar-refractivity contribution >= 4 is 34.7 Å². The van der Waals surface area contributed by atoms with E-state index in [0.29, 0.717) is 28.8 Å². The lowest BCUT2D eigenvalue weighted by Crippen LogP contribution is -2.57. The Kier molecular flexibility index (Phi) is 8.10. The molecule has 1 saturated heterocycles. The molecule has 1 unspecified atom stereocenters. The van der Waals surface area contributed by atoms with Crippen molar-refractivity contribution in [2.24, 2.45) is 0 Å². The maximum atomic E-state index is 13.7. The van der Waals surface area contributed by atoms with Crippen LogP contribution in [0, 0.1) is 0 Å². The van der Waals surface area contributed by atoms with Gasteiger partial charge in [-0.1, -0.05) is 24.3 Å². The van der Waals surface area contributed by atoms with Gasteiger partial charge in [-0.05, 0) is 53.6 Å². The third-order valence-corrected chi connectivity index (χ3v) is 7.17. The number of rotatable bonds is 7. The van der Waals surface area contributed by atoms with Gasteiger partial charge in [-0.3, -0.25) is 14.6 Å². The molecule has 2 heterocycles. The minimum Gasteiger partial charge on any atom is -0.484 e. The molecule has 1 aliphatic heterocycles. The Hall–Kier alpha value is -4.93.